The van der Waals surface area contributed by atoms with Gasteiger partial charge in [0.1, 0.15) is 11.7 Å². The molecule has 1 aromatic carbocycles. The number of aromatic amines is 1. The van der Waals surface area contributed by atoms with Crippen molar-refractivity contribution in [3.63, 3.8) is 0 Å². The average molecular weight is 348 g/mol. The third-order valence-electron chi connectivity index (χ3n) is 4.32. The van der Waals surface area contributed by atoms with Gasteiger partial charge >= 0.3 is 11.9 Å². The lowest BCUT2D eigenvalue weighted by atomic mass is 10.1. The molecule has 1 aromatic heterocycles. The number of anilines is 1. The topological polar surface area (TPSA) is 99.7 Å². The van der Waals surface area contributed by atoms with Crippen LogP contribution in [0.5, 0.6) is 0 Å². The molecule has 0 atom stereocenters. The maximum atomic E-state index is 14.8. The lowest BCUT2D eigenvalue weighted by Crippen LogP contribution is -2.38. The summed E-state index contributed by atoms with van der Waals surface area (Å²) in [5.41, 5.74) is -0.843. The number of piperidine rings is 1. The summed E-state index contributed by atoms with van der Waals surface area (Å²) < 4.78 is 20.0. The van der Waals surface area contributed by atoms with Crippen molar-refractivity contribution < 1.29 is 23.8 Å². The van der Waals surface area contributed by atoms with E-state index in [9.17, 15) is 18.8 Å². The highest BCUT2D eigenvalue weighted by Crippen LogP contribution is 2.28. The number of carboxylic acid groups (broad SMARTS) is 1. The van der Waals surface area contributed by atoms with E-state index < -0.39 is 22.8 Å². The van der Waals surface area contributed by atoms with Crippen LogP contribution in [-0.4, -0.2) is 41.2 Å². The normalized spacial score (nSPS) is 15.4. The van der Waals surface area contributed by atoms with Crippen molar-refractivity contribution in [1.82, 2.24) is 4.98 Å². The molecule has 1 fully saturated rings. The van der Waals surface area contributed by atoms with Gasteiger partial charge in [-0.3, -0.25) is 9.59 Å². The van der Waals surface area contributed by atoms with E-state index in [1.54, 1.807) is 0 Å². The van der Waals surface area contributed by atoms with Crippen LogP contribution in [0.15, 0.2) is 23.1 Å². The van der Waals surface area contributed by atoms with Crippen molar-refractivity contribution in [2.24, 2.45) is 0 Å². The van der Waals surface area contributed by atoms with Gasteiger partial charge in [0.25, 0.3) is 0 Å². The largest absolute Gasteiger partial charge is 0.477 e. The summed E-state index contributed by atoms with van der Waals surface area (Å²) in [7, 11) is 0. The fourth-order valence-electron chi connectivity index (χ4n) is 3.10. The molecule has 1 aliphatic rings. The lowest BCUT2D eigenvalue weighted by molar-refractivity contribution is -0.147. The Morgan fingerprint density at radius 3 is 2.60 bits per heavy atom. The number of rotatable bonds is 3. The first kappa shape index (κ1) is 16.9. The van der Waals surface area contributed by atoms with Gasteiger partial charge in [-0.2, -0.15) is 0 Å². The highest BCUT2D eigenvalue weighted by molar-refractivity contribution is 5.93. The monoisotopic (exact) mass is 348 g/mol. The quantitative estimate of drug-likeness (QED) is 0.822. The first-order chi connectivity index (χ1) is 11.9. The third kappa shape index (κ3) is 3.19. The number of hydrogen-bond donors (Lipinski definition) is 2. The number of halogens is 1. The van der Waals surface area contributed by atoms with Crippen molar-refractivity contribution in [1.29, 1.82) is 0 Å². The van der Waals surface area contributed by atoms with Crippen molar-refractivity contribution in [3.8, 4) is 0 Å². The number of nitrogens with one attached hydrogen (secondary N) is 1. The molecule has 25 heavy (non-hydrogen) atoms. The Hall–Kier alpha value is -2.90. The summed E-state index contributed by atoms with van der Waals surface area (Å²) >= 11 is 0. The number of fused-ring (bicyclic) bond motifs is 1. The second-order valence-corrected chi connectivity index (χ2v) is 5.95. The number of aromatic nitrogens is 1. The molecule has 0 aliphatic carbocycles. The minimum atomic E-state index is -1.36. The highest BCUT2D eigenvalue weighted by atomic mass is 19.1. The van der Waals surface area contributed by atoms with Crippen LogP contribution in [-0.2, 0) is 9.53 Å². The zero-order chi connectivity index (χ0) is 18.1. The molecule has 8 heteroatoms. The van der Waals surface area contributed by atoms with Gasteiger partial charge in [-0.25, -0.2) is 9.18 Å². The maximum Gasteiger partial charge on any atom is 0.341 e. The van der Waals surface area contributed by atoms with Gasteiger partial charge in [0.05, 0.1) is 11.2 Å². The number of nitrogens with zero attached hydrogens (tertiary/aromatic N) is 1. The van der Waals surface area contributed by atoms with Crippen molar-refractivity contribution >= 4 is 28.5 Å². The van der Waals surface area contributed by atoms with Crippen molar-refractivity contribution in [2.75, 3.05) is 18.0 Å². The third-order valence-corrected chi connectivity index (χ3v) is 4.32. The number of H-pyrrole nitrogens is 1. The van der Waals surface area contributed by atoms with E-state index in [0.717, 1.165) is 6.20 Å². The summed E-state index contributed by atoms with van der Waals surface area (Å²) in [5, 5.41) is 8.98. The first-order valence-corrected chi connectivity index (χ1v) is 7.88. The highest BCUT2D eigenvalue weighted by Gasteiger charge is 2.24. The van der Waals surface area contributed by atoms with E-state index in [-0.39, 0.29) is 23.0 Å². The van der Waals surface area contributed by atoms with Gasteiger partial charge in [-0.15, -0.1) is 0 Å². The summed E-state index contributed by atoms with van der Waals surface area (Å²) in [5.74, 6) is -2.29. The SMILES string of the molecule is CC(=O)OC1CCN(c2ccc3c(=O)c(C(=O)O)c[nH]c3c2F)CC1. The van der Waals surface area contributed by atoms with Crippen LogP contribution < -0.4 is 10.3 Å². The van der Waals surface area contributed by atoms with Crippen LogP contribution in [0, 0.1) is 5.82 Å². The van der Waals surface area contributed by atoms with E-state index in [1.807, 2.05) is 4.90 Å². The molecule has 0 radical (unpaired) electrons. The molecule has 0 spiro atoms. The molecule has 0 amide bonds. The van der Waals surface area contributed by atoms with Crippen LogP contribution in [0.1, 0.15) is 30.1 Å². The molecular weight excluding hydrogens is 331 g/mol. The number of hydrogen-bond acceptors (Lipinski definition) is 5. The Morgan fingerprint density at radius 2 is 2.00 bits per heavy atom. The number of carbonyl (C=O) groups is 2. The molecule has 2 aromatic rings. The van der Waals surface area contributed by atoms with E-state index in [4.69, 9.17) is 9.84 Å². The van der Waals surface area contributed by atoms with E-state index in [2.05, 4.69) is 4.98 Å². The molecule has 0 unspecified atom stereocenters. The molecule has 2 heterocycles. The van der Waals surface area contributed by atoms with Crippen LogP contribution in [0.25, 0.3) is 10.9 Å². The zero-order valence-electron chi connectivity index (χ0n) is 13.5. The zero-order valence-corrected chi connectivity index (χ0v) is 13.5. The van der Waals surface area contributed by atoms with Gasteiger partial charge in [-0.1, -0.05) is 0 Å². The van der Waals surface area contributed by atoms with Gasteiger partial charge in [0.15, 0.2) is 5.82 Å². The minimum absolute atomic E-state index is 0.00375. The summed E-state index contributed by atoms with van der Waals surface area (Å²) in [6, 6.07) is 2.90. The average Bonchev–Trinajstić information content (AvgIpc) is 2.56. The second kappa shape index (κ2) is 6.54. The second-order valence-electron chi connectivity index (χ2n) is 5.95. The van der Waals surface area contributed by atoms with Gasteiger partial charge < -0.3 is 19.7 Å². The molecule has 3 rings (SSSR count). The Morgan fingerprint density at radius 1 is 1.32 bits per heavy atom. The number of aromatic carboxylic acids is 1. The summed E-state index contributed by atoms with van der Waals surface area (Å²) in [6.45, 7) is 2.38. The Kier molecular flexibility index (Phi) is 4.43. The number of carboxylic acids is 1. The maximum absolute atomic E-state index is 14.8. The van der Waals surface area contributed by atoms with E-state index in [0.29, 0.717) is 31.6 Å². The molecule has 7 nitrogen and oxygen atoms in total. The molecule has 2 N–H and O–H groups in total. The van der Waals surface area contributed by atoms with Crippen LogP contribution in [0.2, 0.25) is 0 Å². The van der Waals surface area contributed by atoms with Gasteiger partial charge in [0, 0.05) is 44.4 Å². The number of benzene rings is 1. The van der Waals surface area contributed by atoms with Crippen molar-refractivity contribution in [2.45, 2.75) is 25.9 Å². The first-order valence-electron chi connectivity index (χ1n) is 7.88. The van der Waals surface area contributed by atoms with Crippen LogP contribution in [0.3, 0.4) is 0 Å². The number of esters is 1. The van der Waals surface area contributed by atoms with Gasteiger partial charge in [0.2, 0.25) is 5.43 Å². The Bertz CT molecular complexity index is 900. The Labute approximate surface area is 142 Å². The van der Waals surface area contributed by atoms with Crippen LogP contribution in [0.4, 0.5) is 10.1 Å². The fraction of sp³-hybridized carbons (Fsp3) is 0.353. The molecule has 0 bridgehead atoms. The van der Waals surface area contributed by atoms with Crippen LogP contribution >= 0.6 is 0 Å². The predicted molar refractivity (Wildman–Crippen MR) is 88.5 cm³/mol. The fourth-order valence-corrected chi connectivity index (χ4v) is 3.10. The molecule has 1 saturated heterocycles. The lowest BCUT2D eigenvalue weighted by Gasteiger charge is -2.33. The minimum Gasteiger partial charge on any atom is -0.477 e. The van der Waals surface area contributed by atoms with E-state index >= 15 is 0 Å². The molecule has 132 valence electrons. The van der Waals surface area contributed by atoms with E-state index in [1.165, 1.54) is 19.1 Å². The summed E-state index contributed by atoms with van der Waals surface area (Å²) in [4.78, 5) is 38.5. The summed E-state index contributed by atoms with van der Waals surface area (Å²) in [6.07, 6.45) is 2.01. The number of ether oxygens (including phenoxy) is 1. The Balaban J connectivity index is 1.90. The number of pyridine rings is 1. The predicted octanol–water partition coefficient (Wildman–Crippen LogP) is 1.90. The molecule has 1 aliphatic heterocycles. The number of carbonyl (C=O) groups excluding carboxylic acids is 1. The van der Waals surface area contributed by atoms with Crippen molar-refractivity contribution in [3.05, 3.63) is 39.9 Å². The smallest absolute Gasteiger partial charge is 0.341 e. The molecule has 0 saturated carbocycles. The molecular formula is C17H17FN2O5. The standard InChI is InChI=1S/C17H17FN2O5/c1-9(21)25-10-4-6-20(7-5-10)13-3-2-11-15(14(13)18)19-8-12(16(11)22)17(23)24/h2-3,8,10H,4-7H2,1H3,(H,19,22)(H,23,24). The van der Waals surface area contributed by atoms with Gasteiger partial charge in [-0.05, 0) is 12.1 Å².